The van der Waals surface area contributed by atoms with Gasteiger partial charge >= 0.3 is 0 Å². The Morgan fingerprint density at radius 3 is 3.00 bits per heavy atom. The van der Waals surface area contributed by atoms with Gasteiger partial charge in [0.15, 0.2) is 0 Å². The summed E-state index contributed by atoms with van der Waals surface area (Å²) in [7, 11) is 0. The van der Waals surface area contributed by atoms with E-state index in [4.69, 9.17) is 0 Å². The summed E-state index contributed by atoms with van der Waals surface area (Å²) in [5, 5.41) is 10.5. The first-order chi connectivity index (χ1) is 9.33. The Hall–Kier alpha value is -2.08. The van der Waals surface area contributed by atoms with Gasteiger partial charge in [-0.15, -0.1) is 0 Å². The molecule has 3 rings (SSSR count). The predicted octanol–water partition coefficient (Wildman–Crippen LogP) is 1.39. The Balaban J connectivity index is 1.66. The Morgan fingerprint density at radius 1 is 1.42 bits per heavy atom. The molecule has 1 fully saturated rings. The fourth-order valence-corrected chi connectivity index (χ4v) is 2.34. The zero-order valence-corrected chi connectivity index (χ0v) is 10.6. The standard InChI is InChI=1S/C13H17N5O/c19-13(12-2-1-5-15-12)17-10-8-16-18(9-10)11-3-6-14-7-4-11/h1-2,5,8-9,11,14-15H,3-4,6-7H2,(H,17,19). The van der Waals surface area contributed by atoms with Crippen LogP contribution in [-0.2, 0) is 0 Å². The van der Waals surface area contributed by atoms with Gasteiger partial charge < -0.3 is 15.6 Å². The second kappa shape index (κ2) is 5.27. The van der Waals surface area contributed by atoms with Crippen molar-refractivity contribution >= 4 is 11.6 Å². The van der Waals surface area contributed by atoms with Gasteiger partial charge in [-0.3, -0.25) is 9.48 Å². The van der Waals surface area contributed by atoms with E-state index in [0.717, 1.165) is 31.6 Å². The molecular weight excluding hydrogens is 242 g/mol. The van der Waals surface area contributed by atoms with Gasteiger partial charge in [-0.25, -0.2) is 0 Å². The van der Waals surface area contributed by atoms with Crippen molar-refractivity contribution in [2.75, 3.05) is 18.4 Å². The number of hydrogen-bond acceptors (Lipinski definition) is 3. The first-order valence-corrected chi connectivity index (χ1v) is 6.52. The maximum Gasteiger partial charge on any atom is 0.272 e. The lowest BCUT2D eigenvalue weighted by Gasteiger charge is -2.22. The molecule has 1 saturated heterocycles. The van der Waals surface area contributed by atoms with Gasteiger partial charge in [0.2, 0.25) is 0 Å². The molecule has 0 aromatic carbocycles. The summed E-state index contributed by atoms with van der Waals surface area (Å²) in [6.07, 6.45) is 7.48. The molecule has 3 heterocycles. The van der Waals surface area contributed by atoms with E-state index in [1.807, 2.05) is 10.9 Å². The Bertz CT molecular complexity index is 539. The van der Waals surface area contributed by atoms with Crippen LogP contribution in [0.15, 0.2) is 30.7 Å². The van der Waals surface area contributed by atoms with Crippen LogP contribution in [0, 0.1) is 0 Å². The zero-order chi connectivity index (χ0) is 13.1. The predicted molar refractivity (Wildman–Crippen MR) is 72.1 cm³/mol. The number of piperidine rings is 1. The molecule has 0 radical (unpaired) electrons. The van der Waals surface area contributed by atoms with E-state index in [9.17, 15) is 4.79 Å². The van der Waals surface area contributed by atoms with Crippen molar-refractivity contribution < 1.29 is 4.79 Å². The summed E-state index contributed by atoms with van der Waals surface area (Å²) in [5.41, 5.74) is 1.28. The SMILES string of the molecule is O=C(Nc1cnn(C2CCNCC2)c1)c1ccc[nH]1. The first kappa shape index (κ1) is 12.0. The molecule has 0 spiro atoms. The van der Waals surface area contributed by atoms with Gasteiger partial charge in [-0.1, -0.05) is 0 Å². The van der Waals surface area contributed by atoms with Crippen LogP contribution in [-0.4, -0.2) is 33.8 Å². The number of aromatic amines is 1. The number of amides is 1. The van der Waals surface area contributed by atoms with E-state index in [2.05, 4.69) is 20.7 Å². The molecule has 0 saturated carbocycles. The number of carbonyl (C=O) groups excluding carboxylic acids is 1. The van der Waals surface area contributed by atoms with E-state index in [1.165, 1.54) is 0 Å². The lowest BCUT2D eigenvalue weighted by Crippen LogP contribution is -2.29. The summed E-state index contributed by atoms with van der Waals surface area (Å²) >= 11 is 0. The summed E-state index contributed by atoms with van der Waals surface area (Å²) in [5.74, 6) is -0.144. The molecule has 1 aliphatic rings. The van der Waals surface area contributed by atoms with Crippen molar-refractivity contribution in [2.45, 2.75) is 18.9 Å². The fourth-order valence-electron chi connectivity index (χ4n) is 2.34. The van der Waals surface area contributed by atoms with Crippen LogP contribution >= 0.6 is 0 Å². The van der Waals surface area contributed by atoms with Crippen molar-refractivity contribution in [2.24, 2.45) is 0 Å². The topological polar surface area (TPSA) is 74.7 Å². The fraction of sp³-hybridized carbons (Fsp3) is 0.385. The van der Waals surface area contributed by atoms with Gasteiger partial charge in [-0.05, 0) is 38.1 Å². The van der Waals surface area contributed by atoms with E-state index < -0.39 is 0 Å². The molecule has 19 heavy (non-hydrogen) atoms. The summed E-state index contributed by atoms with van der Waals surface area (Å²) in [4.78, 5) is 14.8. The molecule has 2 aromatic heterocycles. The van der Waals surface area contributed by atoms with Crippen molar-refractivity contribution in [3.05, 3.63) is 36.4 Å². The lowest BCUT2D eigenvalue weighted by atomic mass is 10.1. The molecule has 100 valence electrons. The van der Waals surface area contributed by atoms with Crippen LogP contribution in [0.25, 0.3) is 0 Å². The Kier molecular flexibility index (Phi) is 3.33. The van der Waals surface area contributed by atoms with Crippen LogP contribution in [0.1, 0.15) is 29.4 Å². The number of nitrogens with zero attached hydrogens (tertiary/aromatic N) is 2. The van der Waals surface area contributed by atoms with Crippen molar-refractivity contribution in [1.29, 1.82) is 0 Å². The highest BCUT2D eigenvalue weighted by molar-refractivity contribution is 6.02. The van der Waals surface area contributed by atoms with Crippen LogP contribution in [0.5, 0.6) is 0 Å². The number of carbonyl (C=O) groups is 1. The van der Waals surface area contributed by atoms with Crippen molar-refractivity contribution in [3.8, 4) is 0 Å². The first-order valence-electron chi connectivity index (χ1n) is 6.52. The van der Waals surface area contributed by atoms with E-state index >= 15 is 0 Å². The van der Waals surface area contributed by atoms with Crippen molar-refractivity contribution in [3.63, 3.8) is 0 Å². The van der Waals surface area contributed by atoms with Gasteiger partial charge in [0.05, 0.1) is 17.9 Å². The number of hydrogen-bond donors (Lipinski definition) is 3. The molecular formula is C13H17N5O. The largest absolute Gasteiger partial charge is 0.357 e. The molecule has 0 atom stereocenters. The van der Waals surface area contributed by atoms with E-state index in [1.54, 1.807) is 24.5 Å². The highest BCUT2D eigenvalue weighted by Crippen LogP contribution is 2.19. The molecule has 6 nitrogen and oxygen atoms in total. The quantitative estimate of drug-likeness (QED) is 0.779. The van der Waals surface area contributed by atoms with Gasteiger partial charge in [0, 0.05) is 12.4 Å². The minimum atomic E-state index is -0.144. The third-order valence-electron chi connectivity index (χ3n) is 3.38. The number of rotatable bonds is 3. The number of aromatic nitrogens is 3. The normalized spacial score (nSPS) is 16.4. The average Bonchev–Trinajstić information content (AvgIpc) is 3.11. The summed E-state index contributed by atoms with van der Waals surface area (Å²) < 4.78 is 1.95. The molecule has 3 N–H and O–H groups in total. The second-order valence-corrected chi connectivity index (χ2v) is 4.73. The smallest absolute Gasteiger partial charge is 0.272 e. The minimum absolute atomic E-state index is 0.144. The summed E-state index contributed by atoms with van der Waals surface area (Å²) in [6, 6.07) is 3.97. The summed E-state index contributed by atoms with van der Waals surface area (Å²) in [6.45, 7) is 2.05. The van der Waals surface area contributed by atoms with Crippen LogP contribution in [0.2, 0.25) is 0 Å². The maximum atomic E-state index is 11.9. The monoisotopic (exact) mass is 259 g/mol. The molecule has 1 amide bonds. The molecule has 0 bridgehead atoms. The Labute approximate surface area is 111 Å². The number of anilines is 1. The van der Waals surface area contributed by atoms with Gasteiger partial charge in [0.25, 0.3) is 5.91 Å². The molecule has 0 unspecified atom stereocenters. The lowest BCUT2D eigenvalue weighted by molar-refractivity contribution is 0.102. The highest BCUT2D eigenvalue weighted by Gasteiger charge is 2.16. The van der Waals surface area contributed by atoms with Gasteiger partial charge in [0.1, 0.15) is 5.69 Å². The molecule has 2 aromatic rings. The average molecular weight is 259 g/mol. The van der Waals surface area contributed by atoms with E-state index in [-0.39, 0.29) is 5.91 Å². The third kappa shape index (κ3) is 2.68. The highest BCUT2D eigenvalue weighted by atomic mass is 16.1. The molecule has 6 heteroatoms. The van der Waals surface area contributed by atoms with Crippen LogP contribution in [0.4, 0.5) is 5.69 Å². The van der Waals surface area contributed by atoms with Crippen molar-refractivity contribution in [1.82, 2.24) is 20.1 Å². The van der Waals surface area contributed by atoms with Crippen LogP contribution in [0.3, 0.4) is 0 Å². The maximum absolute atomic E-state index is 11.9. The second-order valence-electron chi connectivity index (χ2n) is 4.73. The molecule has 1 aliphatic heterocycles. The molecule has 0 aliphatic carbocycles. The number of nitrogens with one attached hydrogen (secondary N) is 3. The number of H-pyrrole nitrogens is 1. The van der Waals surface area contributed by atoms with E-state index in [0.29, 0.717) is 11.7 Å². The minimum Gasteiger partial charge on any atom is -0.357 e. The van der Waals surface area contributed by atoms with Gasteiger partial charge in [-0.2, -0.15) is 5.10 Å². The third-order valence-corrected chi connectivity index (χ3v) is 3.38. The zero-order valence-electron chi connectivity index (χ0n) is 10.6. The Morgan fingerprint density at radius 2 is 2.26 bits per heavy atom. The van der Waals surface area contributed by atoms with Crippen LogP contribution < -0.4 is 10.6 Å².